The topological polar surface area (TPSA) is 70.2 Å². The Morgan fingerprint density at radius 3 is 2.89 bits per heavy atom. The number of likely N-dealkylation sites (tertiary alicyclic amines) is 1. The molecule has 0 bridgehead atoms. The first-order chi connectivity index (χ1) is 13.5. The summed E-state index contributed by atoms with van der Waals surface area (Å²) in [7, 11) is 0. The van der Waals surface area contributed by atoms with Crippen LogP contribution in [0.15, 0.2) is 24.4 Å². The number of aryl methyl sites for hydroxylation is 1. The smallest absolute Gasteiger partial charge is 0.242 e. The minimum absolute atomic E-state index is 0.284. The summed E-state index contributed by atoms with van der Waals surface area (Å²) in [6.07, 6.45) is 6.97. The van der Waals surface area contributed by atoms with Crippen molar-refractivity contribution in [2.75, 3.05) is 25.0 Å². The zero-order chi connectivity index (χ0) is 19.6. The van der Waals surface area contributed by atoms with Crippen molar-refractivity contribution >= 4 is 28.2 Å². The number of pyridine rings is 1. The molecule has 0 unspecified atom stereocenters. The predicted octanol–water partition coefficient (Wildman–Crippen LogP) is 3.51. The third kappa shape index (κ3) is 4.36. The molecular weight excluding hydrogens is 370 g/mol. The predicted molar refractivity (Wildman–Crippen MR) is 113 cm³/mol. The van der Waals surface area contributed by atoms with E-state index >= 15 is 0 Å². The number of nitrogens with one attached hydrogen (secondary N) is 2. The molecule has 2 saturated heterocycles. The van der Waals surface area contributed by atoms with E-state index in [0.717, 1.165) is 68.4 Å². The Balaban J connectivity index is 1.31. The zero-order valence-corrected chi connectivity index (χ0v) is 17.5. The SMILES string of the molecule is Cc1cnc(Nc2cccc(CC3CCN(C(=O)[C@@]4(C)CCCN4)CC3)n2)s1. The molecule has 4 rings (SSSR count). The Hall–Kier alpha value is -1.99. The molecule has 28 heavy (non-hydrogen) atoms. The molecular formula is C21H29N5OS. The van der Waals surface area contributed by atoms with Gasteiger partial charge in [-0.3, -0.25) is 4.79 Å². The number of hydrogen-bond acceptors (Lipinski definition) is 6. The molecule has 2 N–H and O–H groups in total. The number of piperidine rings is 1. The van der Waals surface area contributed by atoms with Crippen LogP contribution in [0.5, 0.6) is 0 Å². The Labute approximate surface area is 170 Å². The molecule has 0 saturated carbocycles. The molecule has 2 fully saturated rings. The van der Waals surface area contributed by atoms with Gasteiger partial charge in [-0.25, -0.2) is 9.97 Å². The van der Waals surface area contributed by atoms with Gasteiger partial charge in [-0.2, -0.15) is 0 Å². The molecule has 4 heterocycles. The highest BCUT2D eigenvalue weighted by Gasteiger charge is 2.39. The minimum Gasteiger partial charge on any atom is -0.341 e. The van der Waals surface area contributed by atoms with Crippen LogP contribution in [0.25, 0.3) is 0 Å². The van der Waals surface area contributed by atoms with Crippen LogP contribution in [-0.2, 0) is 11.2 Å². The number of anilines is 2. The number of aromatic nitrogens is 2. The summed E-state index contributed by atoms with van der Waals surface area (Å²) in [5, 5.41) is 7.57. The lowest BCUT2D eigenvalue weighted by molar-refractivity contribution is -0.138. The normalized spacial score (nSPS) is 23.1. The summed E-state index contributed by atoms with van der Waals surface area (Å²) < 4.78 is 0. The fourth-order valence-corrected chi connectivity index (χ4v) is 4.92. The van der Waals surface area contributed by atoms with Gasteiger partial charge in [-0.05, 0) is 70.5 Å². The van der Waals surface area contributed by atoms with Gasteiger partial charge < -0.3 is 15.5 Å². The van der Waals surface area contributed by atoms with Crippen LogP contribution in [0.4, 0.5) is 10.9 Å². The fraction of sp³-hybridized carbons (Fsp3) is 0.571. The highest BCUT2D eigenvalue weighted by molar-refractivity contribution is 7.15. The quantitative estimate of drug-likeness (QED) is 0.805. The van der Waals surface area contributed by atoms with E-state index in [1.807, 2.05) is 19.2 Å². The van der Waals surface area contributed by atoms with E-state index in [1.165, 1.54) is 4.88 Å². The van der Waals surface area contributed by atoms with E-state index in [-0.39, 0.29) is 11.4 Å². The second-order valence-corrected chi connectivity index (χ2v) is 9.45. The van der Waals surface area contributed by atoms with Crippen molar-refractivity contribution in [2.45, 2.75) is 51.5 Å². The van der Waals surface area contributed by atoms with Crippen molar-refractivity contribution in [3.8, 4) is 0 Å². The number of carbonyl (C=O) groups excluding carboxylic acids is 1. The number of carbonyl (C=O) groups is 1. The summed E-state index contributed by atoms with van der Waals surface area (Å²) in [4.78, 5) is 25.2. The van der Waals surface area contributed by atoms with Gasteiger partial charge in [0.25, 0.3) is 0 Å². The standard InChI is InChI=1S/C21H29N5OS/c1-15-14-22-20(28-15)25-18-6-3-5-17(24-18)13-16-7-11-26(12-8-16)19(27)21(2)9-4-10-23-21/h3,5-6,14,16,23H,4,7-13H2,1-2H3,(H,22,24,25)/t21-/m1/s1. The van der Waals surface area contributed by atoms with E-state index in [4.69, 9.17) is 4.98 Å². The first kappa shape index (κ1) is 19.3. The summed E-state index contributed by atoms with van der Waals surface area (Å²) in [6, 6.07) is 6.13. The number of amides is 1. The average Bonchev–Trinajstić information content (AvgIpc) is 3.31. The van der Waals surface area contributed by atoms with Gasteiger partial charge in [0.1, 0.15) is 5.82 Å². The summed E-state index contributed by atoms with van der Waals surface area (Å²) in [6.45, 7) is 6.78. The molecule has 2 aliphatic heterocycles. The second kappa shape index (κ2) is 8.17. The maximum Gasteiger partial charge on any atom is 0.242 e. The minimum atomic E-state index is -0.345. The first-order valence-corrected chi connectivity index (χ1v) is 11.0. The summed E-state index contributed by atoms with van der Waals surface area (Å²) in [5.74, 6) is 1.71. The van der Waals surface area contributed by atoms with Crippen molar-refractivity contribution in [3.05, 3.63) is 35.0 Å². The molecule has 1 atom stereocenters. The molecule has 0 aliphatic carbocycles. The van der Waals surface area contributed by atoms with Gasteiger partial charge in [0.05, 0.1) is 5.54 Å². The average molecular weight is 400 g/mol. The van der Waals surface area contributed by atoms with E-state index in [2.05, 4.69) is 39.6 Å². The van der Waals surface area contributed by atoms with E-state index in [0.29, 0.717) is 5.92 Å². The van der Waals surface area contributed by atoms with Crippen LogP contribution in [0.2, 0.25) is 0 Å². The van der Waals surface area contributed by atoms with Crippen LogP contribution >= 0.6 is 11.3 Å². The Kier molecular flexibility index (Phi) is 5.64. The van der Waals surface area contributed by atoms with Crippen molar-refractivity contribution in [1.82, 2.24) is 20.2 Å². The molecule has 150 valence electrons. The van der Waals surface area contributed by atoms with Crippen molar-refractivity contribution in [3.63, 3.8) is 0 Å². The van der Waals surface area contributed by atoms with Gasteiger partial charge >= 0.3 is 0 Å². The van der Waals surface area contributed by atoms with E-state index in [1.54, 1.807) is 11.3 Å². The van der Waals surface area contributed by atoms with Crippen LogP contribution in [-0.4, -0.2) is 45.9 Å². The molecule has 2 aromatic rings. The Morgan fingerprint density at radius 1 is 1.39 bits per heavy atom. The largest absolute Gasteiger partial charge is 0.341 e. The molecule has 7 heteroatoms. The number of hydrogen-bond donors (Lipinski definition) is 2. The fourth-order valence-electron chi connectivity index (χ4n) is 4.25. The lowest BCUT2D eigenvalue weighted by atomic mass is 9.90. The van der Waals surface area contributed by atoms with Gasteiger partial charge in [-0.15, -0.1) is 11.3 Å². The van der Waals surface area contributed by atoms with Crippen molar-refractivity contribution < 1.29 is 4.79 Å². The van der Waals surface area contributed by atoms with Gasteiger partial charge in [-0.1, -0.05) is 6.07 Å². The molecule has 0 spiro atoms. The number of nitrogens with zero attached hydrogens (tertiary/aromatic N) is 3. The van der Waals surface area contributed by atoms with Gasteiger partial charge in [0.2, 0.25) is 5.91 Å². The maximum atomic E-state index is 12.8. The molecule has 0 aromatic carbocycles. The van der Waals surface area contributed by atoms with Crippen LogP contribution in [0.3, 0.4) is 0 Å². The molecule has 2 aliphatic rings. The van der Waals surface area contributed by atoms with E-state index in [9.17, 15) is 4.79 Å². The highest BCUT2D eigenvalue weighted by atomic mass is 32.1. The van der Waals surface area contributed by atoms with Gasteiger partial charge in [0, 0.05) is 29.9 Å². The number of rotatable bonds is 5. The molecule has 2 aromatic heterocycles. The summed E-state index contributed by atoms with van der Waals surface area (Å²) >= 11 is 1.63. The van der Waals surface area contributed by atoms with Crippen molar-refractivity contribution in [2.24, 2.45) is 5.92 Å². The summed E-state index contributed by atoms with van der Waals surface area (Å²) in [5.41, 5.74) is 0.759. The van der Waals surface area contributed by atoms with Crippen LogP contribution in [0.1, 0.15) is 43.2 Å². The third-order valence-corrected chi connectivity index (χ3v) is 6.73. The molecule has 1 amide bonds. The first-order valence-electron chi connectivity index (χ1n) is 10.2. The van der Waals surface area contributed by atoms with Crippen LogP contribution < -0.4 is 10.6 Å². The van der Waals surface area contributed by atoms with Crippen LogP contribution in [0, 0.1) is 12.8 Å². The third-order valence-electron chi connectivity index (χ3n) is 5.90. The molecule has 6 nitrogen and oxygen atoms in total. The monoisotopic (exact) mass is 399 g/mol. The van der Waals surface area contributed by atoms with Crippen molar-refractivity contribution in [1.29, 1.82) is 0 Å². The lowest BCUT2D eigenvalue weighted by Crippen LogP contribution is -2.54. The second-order valence-electron chi connectivity index (χ2n) is 8.22. The lowest BCUT2D eigenvalue weighted by Gasteiger charge is -2.37. The van der Waals surface area contributed by atoms with E-state index < -0.39 is 0 Å². The zero-order valence-electron chi connectivity index (χ0n) is 16.7. The molecule has 0 radical (unpaired) electrons. The Morgan fingerprint density at radius 2 is 2.21 bits per heavy atom. The highest BCUT2D eigenvalue weighted by Crippen LogP contribution is 2.27. The van der Waals surface area contributed by atoms with Gasteiger partial charge in [0.15, 0.2) is 5.13 Å². The number of thiazole rings is 1. The Bertz CT molecular complexity index is 822. The maximum absolute atomic E-state index is 12.8.